The number of nitrogens with two attached hydrogens (primary N) is 2. The third-order valence-electron chi connectivity index (χ3n) is 7.33. The maximum atomic E-state index is 11.5. The lowest BCUT2D eigenvalue weighted by Crippen LogP contribution is -2.48. The van der Waals surface area contributed by atoms with Crippen LogP contribution in [0.2, 0.25) is 0 Å². The van der Waals surface area contributed by atoms with Crippen LogP contribution in [0, 0.1) is 5.92 Å². The number of amides is 1. The lowest BCUT2D eigenvalue weighted by molar-refractivity contribution is 0.0999. The molecule has 0 aromatic heterocycles. The largest absolute Gasteiger partial charge is 0.366 e. The van der Waals surface area contributed by atoms with Gasteiger partial charge in [0, 0.05) is 30.2 Å². The minimum atomic E-state index is -0.328. The molecule has 2 saturated heterocycles. The molecule has 2 bridgehead atoms. The number of primary amides is 1. The summed E-state index contributed by atoms with van der Waals surface area (Å²) in [4.78, 5) is 14.2. The molecule has 27 heavy (non-hydrogen) atoms. The van der Waals surface area contributed by atoms with Crippen LogP contribution in [0.1, 0.15) is 86.0 Å². The van der Waals surface area contributed by atoms with Crippen LogP contribution in [0.15, 0.2) is 24.3 Å². The lowest BCUT2D eigenvalue weighted by Gasteiger charge is -2.41. The van der Waals surface area contributed by atoms with Crippen molar-refractivity contribution >= 4 is 5.91 Å². The molecule has 4 atom stereocenters. The Morgan fingerprint density at radius 2 is 1.78 bits per heavy atom. The van der Waals surface area contributed by atoms with E-state index in [0.29, 0.717) is 29.6 Å². The van der Waals surface area contributed by atoms with Gasteiger partial charge in [-0.1, -0.05) is 44.2 Å². The van der Waals surface area contributed by atoms with Crippen molar-refractivity contribution in [2.45, 2.75) is 88.3 Å². The summed E-state index contributed by atoms with van der Waals surface area (Å²) in [5.74, 6) is 1.08. The highest BCUT2D eigenvalue weighted by Crippen LogP contribution is 2.43. The van der Waals surface area contributed by atoms with Gasteiger partial charge in [0.05, 0.1) is 0 Å². The molecule has 4 heteroatoms. The summed E-state index contributed by atoms with van der Waals surface area (Å²) >= 11 is 0. The van der Waals surface area contributed by atoms with E-state index in [-0.39, 0.29) is 5.91 Å². The molecule has 4 rings (SSSR count). The fourth-order valence-corrected chi connectivity index (χ4v) is 5.99. The molecule has 3 fully saturated rings. The monoisotopic (exact) mass is 369 g/mol. The van der Waals surface area contributed by atoms with Gasteiger partial charge in [-0.15, -0.1) is 0 Å². The highest BCUT2D eigenvalue weighted by Gasteiger charge is 2.41. The highest BCUT2D eigenvalue weighted by molar-refractivity contribution is 5.92. The average Bonchev–Trinajstić information content (AvgIpc) is 2.90. The van der Waals surface area contributed by atoms with Crippen LogP contribution < -0.4 is 11.5 Å². The Hall–Kier alpha value is -1.39. The van der Waals surface area contributed by atoms with Gasteiger partial charge in [-0.05, 0) is 61.6 Å². The minimum Gasteiger partial charge on any atom is -0.366 e. The Balaban J connectivity index is 1.36. The number of hydrogen-bond acceptors (Lipinski definition) is 3. The third kappa shape index (κ3) is 4.38. The number of fused-ring (bicyclic) bond motifs is 2. The molecule has 4 N–H and O–H groups in total. The minimum absolute atomic E-state index is 0.325. The fraction of sp³-hybridized carbons (Fsp3) is 0.696. The molecule has 0 radical (unpaired) electrons. The molecule has 1 aliphatic carbocycles. The molecular formula is C23H35N3O. The molecule has 4 nitrogen and oxygen atoms in total. The van der Waals surface area contributed by atoms with E-state index in [2.05, 4.69) is 11.0 Å². The summed E-state index contributed by atoms with van der Waals surface area (Å²) in [5.41, 5.74) is 14.0. The molecule has 0 spiro atoms. The average molecular weight is 370 g/mol. The van der Waals surface area contributed by atoms with Gasteiger partial charge < -0.3 is 11.5 Å². The van der Waals surface area contributed by atoms with E-state index < -0.39 is 0 Å². The maximum absolute atomic E-state index is 11.5. The number of nitrogens with zero attached hydrogens (tertiary/aromatic N) is 1. The molecular weight excluding hydrogens is 334 g/mol. The van der Waals surface area contributed by atoms with Crippen LogP contribution in [0.5, 0.6) is 0 Å². The van der Waals surface area contributed by atoms with E-state index in [1.165, 1.54) is 69.8 Å². The summed E-state index contributed by atoms with van der Waals surface area (Å²) in [6.45, 7) is 1.07. The summed E-state index contributed by atoms with van der Waals surface area (Å²) < 4.78 is 0. The Kier molecular flexibility index (Phi) is 5.84. The maximum Gasteiger partial charge on any atom is 0.248 e. The number of carbonyl (C=O) groups excluding carboxylic acids is 1. The highest BCUT2D eigenvalue weighted by atomic mass is 16.1. The van der Waals surface area contributed by atoms with Crippen LogP contribution in [0.3, 0.4) is 0 Å². The second kappa shape index (κ2) is 8.32. The van der Waals surface area contributed by atoms with Crippen molar-refractivity contribution < 1.29 is 4.79 Å². The Morgan fingerprint density at radius 3 is 2.44 bits per heavy atom. The smallest absolute Gasteiger partial charge is 0.248 e. The van der Waals surface area contributed by atoms with Crippen LogP contribution in [0.25, 0.3) is 0 Å². The van der Waals surface area contributed by atoms with Gasteiger partial charge in [-0.3, -0.25) is 9.69 Å². The van der Waals surface area contributed by atoms with Crippen LogP contribution in [0.4, 0.5) is 0 Å². The summed E-state index contributed by atoms with van der Waals surface area (Å²) in [6, 6.07) is 9.61. The van der Waals surface area contributed by atoms with E-state index >= 15 is 0 Å². The second-order valence-electron chi connectivity index (χ2n) is 9.24. The fourth-order valence-electron chi connectivity index (χ4n) is 5.99. The van der Waals surface area contributed by atoms with Crippen LogP contribution >= 0.6 is 0 Å². The molecule has 1 amide bonds. The van der Waals surface area contributed by atoms with Gasteiger partial charge in [0.1, 0.15) is 0 Å². The van der Waals surface area contributed by atoms with E-state index in [1.54, 1.807) is 0 Å². The van der Waals surface area contributed by atoms with Gasteiger partial charge >= 0.3 is 0 Å². The third-order valence-corrected chi connectivity index (χ3v) is 7.33. The van der Waals surface area contributed by atoms with Gasteiger partial charge in [0.2, 0.25) is 5.91 Å². The Labute approximate surface area is 163 Å². The Morgan fingerprint density at radius 1 is 1.07 bits per heavy atom. The number of hydrogen-bond donors (Lipinski definition) is 2. The van der Waals surface area contributed by atoms with E-state index in [1.807, 2.05) is 18.2 Å². The van der Waals surface area contributed by atoms with Gasteiger partial charge in [-0.2, -0.15) is 0 Å². The van der Waals surface area contributed by atoms with Gasteiger partial charge in [0.15, 0.2) is 0 Å². The first-order chi connectivity index (χ1) is 13.1. The normalized spacial score (nSPS) is 30.3. The molecule has 1 saturated carbocycles. The molecule has 3 aliphatic rings. The molecule has 148 valence electrons. The van der Waals surface area contributed by atoms with Crippen LogP contribution in [-0.2, 0) is 0 Å². The zero-order valence-electron chi connectivity index (χ0n) is 16.5. The predicted molar refractivity (Wildman–Crippen MR) is 110 cm³/mol. The second-order valence-corrected chi connectivity index (χ2v) is 9.24. The predicted octanol–water partition coefficient (Wildman–Crippen LogP) is 3.79. The van der Waals surface area contributed by atoms with Crippen molar-refractivity contribution in [3.8, 4) is 0 Å². The topological polar surface area (TPSA) is 72.4 Å². The number of rotatable bonds is 6. The molecule has 2 aliphatic heterocycles. The summed E-state index contributed by atoms with van der Waals surface area (Å²) in [6.07, 6.45) is 13.2. The first kappa shape index (κ1) is 18.9. The standard InChI is InChI=1S/C23H35N3O/c24-20(11-16-5-2-1-3-6-16)15-26-21-9-10-22(26)14-19(13-21)17-7-4-8-18(12-17)23(25)27/h4,7-8,12,16,19-22H,1-3,5-6,9-11,13-15,24H2,(H2,25,27)/t19?,20?,21-,22+. The van der Waals surface area contributed by atoms with Crippen molar-refractivity contribution in [3.05, 3.63) is 35.4 Å². The molecule has 2 unspecified atom stereocenters. The Bertz CT molecular complexity index is 641. The van der Waals surface area contributed by atoms with Crippen molar-refractivity contribution in [2.24, 2.45) is 17.4 Å². The zero-order chi connectivity index (χ0) is 18.8. The quantitative estimate of drug-likeness (QED) is 0.801. The van der Waals surface area contributed by atoms with Gasteiger partial charge in [-0.25, -0.2) is 0 Å². The molecule has 1 aromatic carbocycles. The summed E-state index contributed by atoms with van der Waals surface area (Å²) in [7, 11) is 0. The van der Waals surface area contributed by atoms with Gasteiger partial charge in [0.25, 0.3) is 0 Å². The van der Waals surface area contributed by atoms with E-state index in [0.717, 1.165) is 12.5 Å². The van der Waals surface area contributed by atoms with Crippen molar-refractivity contribution in [3.63, 3.8) is 0 Å². The molecule has 2 heterocycles. The SMILES string of the molecule is NC(=O)c1cccc(C2C[C@H]3CC[C@@H](C2)N3CC(N)CC2CCCCC2)c1. The van der Waals surface area contributed by atoms with E-state index in [4.69, 9.17) is 11.5 Å². The van der Waals surface area contributed by atoms with E-state index in [9.17, 15) is 4.79 Å². The zero-order valence-corrected chi connectivity index (χ0v) is 16.5. The van der Waals surface area contributed by atoms with Crippen LogP contribution in [-0.4, -0.2) is 35.5 Å². The van der Waals surface area contributed by atoms with Crippen molar-refractivity contribution in [2.75, 3.05) is 6.54 Å². The first-order valence-corrected chi connectivity index (χ1v) is 11.0. The lowest BCUT2D eigenvalue weighted by atomic mass is 9.83. The molecule has 1 aromatic rings. The first-order valence-electron chi connectivity index (χ1n) is 11.0. The summed E-state index contributed by atoms with van der Waals surface area (Å²) in [5, 5.41) is 0. The number of piperidine rings is 1. The van der Waals surface area contributed by atoms with Crippen molar-refractivity contribution in [1.82, 2.24) is 4.90 Å². The van der Waals surface area contributed by atoms with Crippen molar-refractivity contribution in [1.29, 1.82) is 0 Å². The number of carbonyl (C=O) groups is 1. The number of benzene rings is 1.